The van der Waals surface area contributed by atoms with Crippen LogP contribution in [0.25, 0.3) is 0 Å². The maximum Gasteiger partial charge on any atom is 0.472 e. The van der Waals surface area contributed by atoms with Crippen LogP contribution >= 0.6 is 7.82 Å². The molecule has 0 aromatic heterocycles. The molecule has 0 spiro atoms. The van der Waals surface area contributed by atoms with Crippen LogP contribution in [0.5, 0.6) is 0 Å². The molecule has 2 atom stereocenters. The third kappa shape index (κ3) is 64.9. The number of carbonyl (C=O) groups is 2. The van der Waals surface area contributed by atoms with Crippen molar-refractivity contribution in [1.82, 2.24) is 0 Å². The first-order chi connectivity index (χ1) is 39.3. The summed E-state index contributed by atoms with van der Waals surface area (Å²) in [7, 11) is -4.39. The maximum absolute atomic E-state index is 12.7. The number of rotatable bonds is 65. The van der Waals surface area contributed by atoms with Crippen LogP contribution < -0.4 is 5.73 Å². The second-order valence-corrected chi connectivity index (χ2v) is 24.5. The van der Waals surface area contributed by atoms with Crippen LogP contribution in [0.4, 0.5) is 0 Å². The van der Waals surface area contributed by atoms with Crippen molar-refractivity contribution < 1.29 is 37.6 Å². The first-order valence-electron chi connectivity index (χ1n) is 34.3. The first kappa shape index (κ1) is 77.7. The van der Waals surface area contributed by atoms with Crippen LogP contribution in [0, 0.1) is 0 Å². The Morgan fingerprint density at radius 3 is 0.975 bits per heavy atom. The molecule has 3 N–H and O–H groups in total. The Morgan fingerprint density at radius 1 is 0.375 bits per heavy atom. The van der Waals surface area contributed by atoms with Crippen LogP contribution in [0.1, 0.15) is 341 Å². The van der Waals surface area contributed by atoms with Gasteiger partial charge in [-0.05, 0) is 83.5 Å². The minimum atomic E-state index is -4.39. The zero-order valence-electron chi connectivity index (χ0n) is 52.6. The van der Waals surface area contributed by atoms with E-state index in [2.05, 4.69) is 74.6 Å². The lowest BCUT2D eigenvalue weighted by atomic mass is 10.0. The molecule has 0 saturated carbocycles. The van der Waals surface area contributed by atoms with Gasteiger partial charge in [-0.2, -0.15) is 0 Å². The predicted octanol–water partition coefficient (Wildman–Crippen LogP) is 22.2. The smallest absolute Gasteiger partial charge is 0.462 e. The van der Waals surface area contributed by atoms with Crippen molar-refractivity contribution in [2.24, 2.45) is 5.73 Å². The van der Waals surface area contributed by atoms with Gasteiger partial charge < -0.3 is 20.1 Å². The van der Waals surface area contributed by atoms with Crippen molar-refractivity contribution in [2.45, 2.75) is 347 Å². The molecule has 0 fully saturated rings. The van der Waals surface area contributed by atoms with Gasteiger partial charge in [0, 0.05) is 19.4 Å². The molecule has 0 aliphatic rings. The van der Waals surface area contributed by atoms with Crippen LogP contribution in [0.15, 0.2) is 60.8 Å². The number of phosphoric ester groups is 1. The first-order valence-corrected chi connectivity index (χ1v) is 35.8. The van der Waals surface area contributed by atoms with Crippen molar-refractivity contribution in [1.29, 1.82) is 0 Å². The van der Waals surface area contributed by atoms with E-state index in [1.807, 2.05) is 0 Å². The molecule has 2 unspecified atom stereocenters. The van der Waals surface area contributed by atoms with Crippen LogP contribution in [0.3, 0.4) is 0 Å². The number of hydrogen-bond donors (Lipinski definition) is 2. The number of esters is 2. The van der Waals surface area contributed by atoms with Crippen LogP contribution in [0.2, 0.25) is 0 Å². The Hall–Kier alpha value is -2.29. The highest BCUT2D eigenvalue weighted by molar-refractivity contribution is 7.47. The van der Waals surface area contributed by atoms with Gasteiger partial charge in [0.1, 0.15) is 6.61 Å². The van der Waals surface area contributed by atoms with Gasteiger partial charge in [-0.25, -0.2) is 4.57 Å². The van der Waals surface area contributed by atoms with Crippen molar-refractivity contribution >= 4 is 19.8 Å². The average Bonchev–Trinajstić information content (AvgIpc) is 3.45. The standard InChI is InChI=1S/C70H130NO8P/c1-3-5-7-9-11-13-15-17-19-21-23-24-25-26-27-28-29-30-31-32-33-34-35-36-37-38-39-40-41-42-43-44-45-47-49-51-53-55-57-59-61-63-70(73)79-68(67-78-80(74,75)77-65-64-71)66-76-69(72)62-60-58-56-54-52-50-48-46-22-20-18-16-14-12-10-8-6-4-2/h14-17,20-23,25-26,68H,3-13,18-19,24,27-67,71H2,1-2H3,(H,74,75)/b16-14-,17-15-,22-20-,23-21-,26-25-. The summed E-state index contributed by atoms with van der Waals surface area (Å²) in [6.07, 6.45) is 84.7. The average molecular weight is 1140 g/mol. The van der Waals surface area contributed by atoms with Crippen molar-refractivity contribution in [2.75, 3.05) is 26.4 Å². The Balaban J connectivity index is 3.76. The summed E-state index contributed by atoms with van der Waals surface area (Å²) in [5.74, 6) is -0.823. The second-order valence-electron chi connectivity index (χ2n) is 23.0. The molecule has 9 nitrogen and oxygen atoms in total. The highest BCUT2D eigenvalue weighted by atomic mass is 31.2. The summed E-state index contributed by atoms with van der Waals surface area (Å²) in [5.41, 5.74) is 5.39. The van der Waals surface area contributed by atoms with Crippen molar-refractivity contribution in [3.63, 3.8) is 0 Å². The number of phosphoric acid groups is 1. The molecule has 0 radical (unpaired) electrons. The molecule has 0 heterocycles. The molecule has 0 rings (SSSR count). The van der Waals surface area contributed by atoms with Gasteiger partial charge in [-0.3, -0.25) is 18.6 Å². The van der Waals surface area contributed by atoms with Gasteiger partial charge in [0.05, 0.1) is 13.2 Å². The minimum Gasteiger partial charge on any atom is -0.462 e. The number of carbonyl (C=O) groups excluding carboxylic acids is 2. The zero-order chi connectivity index (χ0) is 58.0. The Morgan fingerprint density at radius 2 is 0.650 bits per heavy atom. The number of ether oxygens (including phenoxy) is 2. The highest BCUT2D eigenvalue weighted by Crippen LogP contribution is 2.43. The highest BCUT2D eigenvalue weighted by Gasteiger charge is 2.26. The maximum atomic E-state index is 12.7. The van der Waals surface area contributed by atoms with Crippen LogP contribution in [-0.4, -0.2) is 49.3 Å². The number of allylic oxidation sites excluding steroid dienone is 10. The van der Waals surface area contributed by atoms with E-state index in [0.29, 0.717) is 6.42 Å². The van der Waals surface area contributed by atoms with E-state index < -0.39 is 26.5 Å². The van der Waals surface area contributed by atoms with Gasteiger partial charge in [0.25, 0.3) is 0 Å². The summed E-state index contributed by atoms with van der Waals surface area (Å²) in [5, 5.41) is 0. The monoisotopic (exact) mass is 1140 g/mol. The predicted molar refractivity (Wildman–Crippen MR) is 344 cm³/mol. The lowest BCUT2D eigenvalue weighted by Gasteiger charge is -2.19. The molecule has 0 bridgehead atoms. The van der Waals surface area contributed by atoms with E-state index in [4.69, 9.17) is 24.3 Å². The zero-order valence-corrected chi connectivity index (χ0v) is 53.5. The van der Waals surface area contributed by atoms with E-state index in [0.717, 1.165) is 64.2 Å². The minimum absolute atomic E-state index is 0.0528. The second kappa shape index (κ2) is 65.9. The molecule has 0 amide bonds. The Kier molecular flexibility index (Phi) is 64.0. The molecule has 80 heavy (non-hydrogen) atoms. The van der Waals surface area contributed by atoms with Gasteiger partial charge in [0.15, 0.2) is 6.10 Å². The van der Waals surface area contributed by atoms with E-state index >= 15 is 0 Å². The molecule has 468 valence electrons. The van der Waals surface area contributed by atoms with E-state index in [-0.39, 0.29) is 38.6 Å². The van der Waals surface area contributed by atoms with E-state index in [9.17, 15) is 19.0 Å². The fourth-order valence-corrected chi connectivity index (χ4v) is 10.8. The fourth-order valence-electron chi connectivity index (χ4n) is 10.0. The normalized spacial score (nSPS) is 13.3. The van der Waals surface area contributed by atoms with E-state index in [1.165, 1.54) is 244 Å². The molecule has 0 saturated heterocycles. The summed E-state index contributed by atoms with van der Waals surface area (Å²) < 4.78 is 33.1. The van der Waals surface area contributed by atoms with Crippen molar-refractivity contribution in [3.05, 3.63) is 60.8 Å². The van der Waals surface area contributed by atoms with Crippen LogP contribution in [-0.2, 0) is 32.7 Å². The molecular formula is C70H130NO8P. The SMILES string of the molecule is CCCCCC/C=C\C/C=C\CCCCCCCCCC(=O)OCC(COP(=O)(O)OCCN)OC(=O)CCCCCCCCCCCCCCCCCCCCCCCCCCCC/C=C\C/C=C\C/C=C\CCCCCCC. The molecule has 0 aliphatic carbocycles. The number of unbranched alkanes of at least 4 members (excludes halogenated alkanes) is 42. The number of hydrogen-bond acceptors (Lipinski definition) is 8. The molecule has 0 aromatic carbocycles. The van der Waals surface area contributed by atoms with Gasteiger partial charge >= 0.3 is 19.8 Å². The summed E-state index contributed by atoms with van der Waals surface area (Å²) in [6, 6.07) is 0. The fraction of sp³-hybridized carbons (Fsp3) is 0.829. The quantitative estimate of drug-likeness (QED) is 0.0264. The topological polar surface area (TPSA) is 134 Å². The number of nitrogens with two attached hydrogens (primary N) is 1. The Labute approximate surface area is 495 Å². The van der Waals surface area contributed by atoms with E-state index in [1.54, 1.807) is 0 Å². The molecule has 10 heteroatoms. The largest absolute Gasteiger partial charge is 0.472 e. The molecule has 0 aromatic rings. The summed E-state index contributed by atoms with van der Waals surface area (Å²) in [4.78, 5) is 35.2. The molecule has 0 aliphatic heterocycles. The third-order valence-electron chi connectivity index (χ3n) is 15.1. The van der Waals surface area contributed by atoms with Crippen molar-refractivity contribution in [3.8, 4) is 0 Å². The van der Waals surface area contributed by atoms with Gasteiger partial charge in [-0.1, -0.05) is 306 Å². The third-order valence-corrected chi connectivity index (χ3v) is 16.1. The Bertz CT molecular complexity index is 1490. The van der Waals surface area contributed by atoms with Gasteiger partial charge in [0.2, 0.25) is 0 Å². The van der Waals surface area contributed by atoms with Gasteiger partial charge in [-0.15, -0.1) is 0 Å². The lowest BCUT2D eigenvalue weighted by Crippen LogP contribution is -2.29. The summed E-state index contributed by atoms with van der Waals surface area (Å²) in [6.45, 7) is 3.75. The molecular weight excluding hydrogens is 1010 g/mol. The lowest BCUT2D eigenvalue weighted by molar-refractivity contribution is -0.161. The summed E-state index contributed by atoms with van der Waals surface area (Å²) >= 11 is 0.